The quantitative estimate of drug-likeness (QED) is 0.657. The first-order chi connectivity index (χ1) is 8.59. The van der Waals surface area contributed by atoms with E-state index >= 15 is 0 Å². The molecule has 5 nitrogen and oxygen atoms in total. The molecular weight excluding hydrogens is 241 g/mol. The number of phenols is 1. The molecule has 0 spiro atoms. The Morgan fingerprint density at radius 3 is 2.56 bits per heavy atom. The molecule has 1 N–H and O–H groups in total. The molecule has 1 aliphatic carbocycles. The number of isocyanates is 1. The largest absolute Gasteiger partial charge is 0.504 e. The predicted molar refractivity (Wildman–Crippen MR) is 60.2 cm³/mol. The zero-order valence-corrected chi connectivity index (χ0v) is 9.99. The first-order valence-electron chi connectivity index (χ1n) is 5.32. The van der Waals surface area contributed by atoms with Gasteiger partial charge < -0.3 is 14.6 Å². The summed E-state index contributed by atoms with van der Waals surface area (Å²) in [5.74, 6) is -1.07. The molecule has 1 saturated carbocycles. The van der Waals surface area contributed by atoms with Gasteiger partial charge in [0.25, 0.3) is 0 Å². The fourth-order valence-electron chi connectivity index (χ4n) is 2.01. The van der Waals surface area contributed by atoms with Crippen molar-refractivity contribution in [2.45, 2.75) is 18.4 Å². The monoisotopic (exact) mass is 253 g/mol. The summed E-state index contributed by atoms with van der Waals surface area (Å²) in [6, 6.07) is 1.03. The van der Waals surface area contributed by atoms with Crippen LogP contribution in [0.5, 0.6) is 17.2 Å². The van der Waals surface area contributed by atoms with E-state index < -0.39 is 17.1 Å². The summed E-state index contributed by atoms with van der Waals surface area (Å²) in [4.78, 5) is 14.1. The van der Waals surface area contributed by atoms with Crippen molar-refractivity contribution in [3.8, 4) is 17.2 Å². The lowest BCUT2D eigenvalue weighted by Gasteiger charge is -2.18. The van der Waals surface area contributed by atoms with E-state index in [1.807, 2.05) is 0 Å². The Kier molecular flexibility index (Phi) is 2.97. The molecule has 96 valence electrons. The Labute approximate surface area is 103 Å². The number of aromatic hydroxyl groups is 1. The maximum absolute atomic E-state index is 13.6. The van der Waals surface area contributed by atoms with Gasteiger partial charge in [0.2, 0.25) is 6.08 Å². The highest BCUT2D eigenvalue weighted by atomic mass is 19.1. The third-order valence-corrected chi connectivity index (χ3v) is 3.04. The Balaban J connectivity index is 2.71. The van der Waals surface area contributed by atoms with Crippen LogP contribution in [0.1, 0.15) is 18.4 Å². The van der Waals surface area contributed by atoms with Gasteiger partial charge >= 0.3 is 0 Å². The topological polar surface area (TPSA) is 68.1 Å². The van der Waals surface area contributed by atoms with Gasteiger partial charge in [0.15, 0.2) is 23.1 Å². The van der Waals surface area contributed by atoms with Crippen LogP contribution in [0.2, 0.25) is 0 Å². The van der Waals surface area contributed by atoms with E-state index in [1.165, 1.54) is 20.3 Å². The van der Waals surface area contributed by atoms with Crippen LogP contribution >= 0.6 is 0 Å². The van der Waals surface area contributed by atoms with E-state index in [0.717, 1.165) is 6.07 Å². The van der Waals surface area contributed by atoms with Gasteiger partial charge in [0, 0.05) is 6.07 Å². The molecule has 0 radical (unpaired) electrons. The molecule has 1 fully saturated rings. The Morgan fingerprint density at radius 2 is 2.11 bits per heavy atom. The smallest absolute Gasteiger partial charge is 0.235 e. The minimum absolute atomic E-state index is 0.144. The Morgan fingerprint density at radius 1 is 1.44 bits per heavy atom. The van der Waals surface area contributed by atoms with Crippen molar-refractivity contribution in [3.63, 3.8) is 0 Å². The molecule has 0 unspecified atom stereocenters. The highest BCUT2D eigenvalue weighted by Gasteiger charge is 2.50. The van der Waals surface area contributed by atoms with Crippen LogP contribution in [-0.2, 0) is 10.3 Å². The van der Waals surface area contributed by atoms with Gasteiger partial charge in [-0.25, -0.2) is 9.18 Å². The summed E-state index contributed by atoms with van der Waals surface area (Å²) in [5.41, 5.74) is -0.794. The second kappa shape index (κ2) is 4.31. The molecule has 0 atom stereocenters. The van der Waals surface area contributed by atoms with Crippen molar-refractivity contribution < 1.29 is 23.8 Å². The number of methoxy groups -OCH3 is 2. The number of halogens is 1. The number of rotatable bonds is 4. The van der Waals surface area contributed by atoms with E-state index in [9.17, 15) is 14.3 Å². The van der Waals surface area contributed by atoms with Gasteiger partial charge in [-0.05, 0) is 12.8 Å². The average molecular weight is 253 g/mol. The maximum atomic E-state index is 13.6. The third kappa shape index (κ3) is 1.71. The molecule has 1 aliphatic rings. The lowest BCUT2D eigenvalue weighted by molar-refractivity contribution is 0.334. The second-order valence-electron chi connectivity index (χ2n) is 4.05. The molecule has 0 aromatic heterocycles. The van der Waals surface area contributed by atoms with Crippen LogP contribution in [0.15, 0.2) is 11.1 Å². The van der Waals surface area contributed by atoms with E-state index in [-0.39, 0.29) is 17.1 Å². The zero-order valence-electron chi connectivity index (χ0n) is 9.99. The van der Waals surface area contributed by atoms with Crippen LogP contribution in [0.4, 0.5) is 4.39 Å². The summed E-state index contributed by atoms with van der Waals surface area (Å²) < 4.78 is 23.7. The number of hydrogen-bond acceptors (Lipinski definition) is 5. The standard InChI is InChI=1S/C12H12FNO4/c1-17-8-5-7(13)10(16)9(11(8)18-2)12(3-4-12)14-6-15/h5,16H,3-4H2,1-2H3. The van der Waals surface area contributed by atoms with E-state index in [2.05, 4.69) is 4.99 Å². The van der Waals surface area contributed by atoms with Gasteiger partial charge in [-0.15, -0.1) is 0 Å². The predicted octanol–water partition coefficient (Wildman–Crippen LogP) is 1.87. The van der Waals surface area contributed by atoms with Gasteiger partial charge in [-0.1, -0.05) is 0 Å². The van der Waals surface area contributed by atoms with E-state index in [4.69, 9.17) is 9.47 Å². The lowest BCUT2D eigenvalue weighted by Crippen LogP contribution is -2.08. The highest BCUT2D eigenvalue weighted by Crippen LogP contribution is 2.57. The van der Waals surface area contributed by atoms with Gasteiger partial charge in [0.1, 0.15) is 5.54 Å². The van der Waals surface area contributed by atoms with Crippen LogP contribution in [0.3, 0.4) is 0 Å². The van der Waals surface area contributed by atoms with Crippen molar-refractivity contribution in [2.75, 3.05) is 14.2 Å². The van der Waals surface area contributed by atoms with Crippen molar-refractivity contribution in [1.82, 2.24) is 0 Å². The average Bonchev–Trinajstić information content (AvgIpc) is 3.12. The normalized spacial score (nSPS) is 15.7. The molecule has 18 heavy (non-hydrogen) atoms. The number of aliphatic imine (C=N–C) groups is 1. The molecule has 0 bridgehead atoms. The Hall–Kier alpha value is -2.07. The fraction of sp³-hybridized carbons (Fsp3) is 0.417. The van der Waals surface area contributed by atoms with Crippen LogP contribution in [-0.4, -0.2) is 25.4 Å². The summed E-state index contributed by atoms with van der Waals surface area (Å²) in [6.45, 7) is 0. The summed E-state index contributed by atoms with van der Waals surface area (Å²) >= 11 is 0. The van der Waals surface area contributed by atoms with E-state index in [1.54, 1.807) is 0 Å². The molecule has 0 amide bonds. The molecule has 0 aliphatic heterocycles. The molecule has 1 aromatic carbocycles. The number of benzene rings is 1. The fourth-order valence-corrected chi connectivity index (χ4v) is 2.01. The summed E-state index contributed by atoms with van der Waals surface area (Å²) in [5, 5.41) is 9.83. The maximum Gasteiger partial charge on any atom is 0.235 e. The van der Waals surface area contributed by atoms with Crippen molar-refractivity contribution >= 4 is 6.08 Å². The molecule has 2 rings (SSSR count). The van der Waals surface area contributed by atoms with E-state index in [0.29, 0.717) is 12.8 Å². The van der Waals surface area contributed by atoms with Gasteiger partial charge in [-0.3, -0.25) is 0 Å². The summed E-state index contributed by atoms with van der Waals surface area (Å²) in [7, 11) is 2.74. The van der Waals surface area contributed by atoms with Crippen LogP contribution in [0.25, 0.3) is 0 Å². The second-order valence-corrected chi connectivity index (χ2v) is 4.05. The van der Waals surface area contributed by atoms with Crippen LogP contribution in [0, 0.1) is 5.82 Å². The molecule has 0 heterocycles. The number of nitrogens with zero attached hydrogens (tertiary/aromatic N) is 1. The molecule has 6 heteroatoms. The molecular formula is C12H12FNO4. The third-order valence-electron chi connectivity index (χ3n) is 3.04. The summed E-state index contributed by atoms with van der Waals surface area (Å²) in [6.07, 6.45) is 2.50. The minimum Gasteiger partial charge on any atom is -0.504 e. The van der Waals surface area contributed by atoms with Gasteiger partial charge in [0.05, 0.1) is 19.8 Å². The van der Waals surface area contributed by atoms with Crippen molar-refractivity contribution in [2.24, 2.45) is 4.99 Å². The molecule has 1 aromatic rings. The molecule has 0 saturated heterocycles. The Bertz CT molecular complexity index is 533. The number of ether oxygens (including phenoxy) is 2. The first-order valence-corrected chi connectivity index (χ1v) is 5.32. The first kappa shape index (κ1) is 12.4. The van der Waals surface area contributed by atoms with Gasteiger partial charge in [-0.2, -0.15) is 4.99 Å². The number of phenolic OH excluding ortho intramolecular Hbond substituents is 1. The van der Waals surface area contributed by atoms with Crippen LogP contribution < -0.4 is 9.47 Å². The number of carbonyl (C=O) groups excluding carboxylic acids is 1. The lowest BCUT2D eigenvalue weighted by atomic mass is 10.0. The van der Waals surface area contributed by atoms with Crippen molar-refractivity contribution in [3.05, 3.63) is 17.4 Å². The minimum atomic E-state index is -0.938. The van der Waals surface area contributed by atoms with Crippen molar-refractivity contribution in [1.29, 1.82) is 0 Å². The highest BCUT2D eigenvalue weighted by molar-refractivity contribution is 5.60. The SMILES string of the molecule is COc1cc(F)c(O)c(C2(N=C=O)CC2)c1OC. The number of hydrogen-bond donors (Lipinski definition) is 1. The zero-order chi connectivity index (χ0) is 13.3.